The quantitative estimate of drug-likeness (QED) is 0.644. The fraction of sp³-hybridized carbons (Fsp3) is 0.412. The van der Waals surface area contributed by atoms with Crippen molar-refractivity contribution in [1.82, 2.24) is 24.6 Å². The maximum absolute atomic E-state index is 12.0. The van der Waals surface area contributed by atoms with Crippen molar-refractivity contribution < 1.29 is 4.79 Å². The molecule has 0 spiro atoms. The second kappa shape index (κ2) is 7.17. The summed E-state index contributed by atoms with van der Waals surface area (Å²) in [5, 5.41) is 10.2. The standard InChI is InChI=1S/C17H21N5OS/c1-4-22(5-2)14(23)10-11-24-17-18-16-15(19-20-17)12-8-6-7-9-13(12)21(16)3/h6-9H,4-5,10-11H2,1-3H3. The third-order valence-corrected chi connectivity index (χ3v) is 4.99. The smallest absolute Gasteiger partial charge is 0.223 e. The Morgan fingerprint density at radius 3 is 2.71 bits per heavy atom. The lowest BCUT2D eigenvalue weighted by Gasteiger charge is -2.18. The molecule has 0 fully saturated rings. The van der Waals surface area contributed by atoms with Crippen molar-refractivity contribution in [2.24, 2.45) is 7.05 Å². The molecule has 0 saturated heterocycles. The van der Waals surface area contributed by atoms with E-state index in [4.69, 9.17) is 0 Å². The zero-order valence-electron chi connectivity index (χ0n) is 14.2. The number of fused-ring (bicyclic) bond motifs is 3. The van der Waals surface area contributed by atoms with Crippen LogP contribution in [0.4, 0.5) is 0 Å². The third-order valence-electron chi connectivity index (χ3n) is 4.15. The fourth-order valence-electron chi connectivity index (χ4n) is 2.82. The molecule has 6 nitrogen and oxygen atoms in total. The first-order valence-corrected chi connectivity index (χ1v) is 9.12. The van der Waals surface area contributed by atoms with Crippen molar-refractivity contribution >= 4 is 39.7 Å². The molecule has 126 valence electrons. The van der Waals surface area contributed by atoms with Crippen LogP contribution in [0, 0.1) is 0 Å². The van der Waals surface area contributed by atoms with Crippen LogP contribution in [-0.4, -0.2) is 49.4 Å². The van der Waals surface area contributed by atoms with E-state index in [1.54, 1.807) is 0 Å². The molecule has 1 amide bonds. The van der Waals surface area contributed by atoms with Gasteiger partial charge < -0.3 is 9.47 Å². The van der Waals surface area contributed by atoms with E-state index in [0.717, 1.165) is 35.2 Å². The summed E-state index contributed by atoms with van der Waals surface area (Å²) in [6.45, 7) is 5.49. The van der Waals surface area contributed by atoms with Gasteiger partial charge in [-0.25, -0.2) is 4.98 Å². The third kappa shape index (κ3) is 3.08. The van der Waals surface area contributed by atoms with Crippen LogP contribution in [-0.2, 0) is 11.8 Å². The van der Waals surface area contributed by atoms with E-state index in [1.807, 2.05) is 54.6 Å². The zero-order chi connectivity index (χ0) is 17.1. The van der Waals surface area contributed by atoms with Crippen molar-refractivity contribution in [2.45, 2.75) is 25.4 Å². The number of hydrogen-bond acceptors (Lipinski definition) is 5. The molecule has 24 heavy (non-hydrogen) atoms. The normalized spacial score (nSPS) is 11.3. The second-order valence-corrected chi connectivity index (χ2v) is 6.57. The van der Waals surface area contributed by atoms with Crippen LogP contribution in [0.5, 0.6) is 0 Å². The van der Waals surface area contributed by atoms with Gasteiger partial charge in [0, 0.05) is 37.7 Å². The van der Waals surface area contributed by atoms with Crippen molar-refractivity contribution in [2.75, 3.05) is 18.8 Å². The zero-order valence-corrected chi connectivity index (χ0v) is 15.0. The van der Waals surface area contributed by atoms with E-state index in [2.05, 4.69) is 15.2 Å². The van der Waals surface area contributed by atoms with E-state index in [1.165, 1.54) is 11.8 Å². The highest BCUT2D eigenvalue weighted by Gasteiger charge is 2.13. The van der Waals surface area contributed by atoms with Crippen LogP contribution in [0.1, 0.15) is 20.3 Å². The highest BCUT2D eigenvalue weighted by Crippen LogP contribution is 2.26. The number of amides is 1. The van der Waals surface area contributed by atoms with Gasteiger partial charge in [0.05, 0.1) is 5.52 Å². The van der Waals surface area contributed by atoms with Crippen LogP contribution in [0.3, 0.4) is 0 Å². The Morgan fingerprint density at radius 1 is 1.21 bits per heavy atom. The highest BCUT2D eigenvalue weighted by molar-refractivity contribution is 7.99. The molecule has 2 aromatic heterocycles. The number of benzene rings is 1. The number of nitrogens with zero attached hydrogens (tertiary/aromatic N) is 5. The molecule has 0 radical (unpaired) electrons. The SMILES string of the molecule is CCN(CC)C(=O)CCSc1nnc2c3ccccc3n(C)c2n1. The summed E-state index contributed by atoms with van der Waals surface area (Å²) in [5.41, 5.74) is 2.73. The number of thioether (sulfide) groups is 1. The number of hydrogen-bond donors (Lipinski definition) is 0. The minimum absolute atomic E-state index is 0.172. The molecule has 0 aliphatic heterocycles. The minimum Gasteiger partial charge on any atom is -0.343 e. The number of rotatable bonds is 6. The minimum atomic E-state index is 0.172. The van der Waals surface area contributed by atoms with Gasteiger partial charge in [0.15, 0.2) is 5.65 Å². The van der Waals surface area contributed by atoms with Gasteiger partial charge in [-0.15, -0.1) is 10.2 Å². The van der Waals surface area contributed by atoms with Crippen LogP contribution >= 0.6 is 11.8 Å². The molecule has 3 aromatic rings. The molecule has 0 saturated carbocycles. The van der Waals surface area contributed by atoms with Crippen LogP contribution < -0.4 is 0 Å². The molecule has 0 N–H and O–H groups in total. The van der Waals surface area contributed by atoms with Gasteiger partial charge in [0.1, 0.15) is 5.52 Å². The van der Waals surface area contributed by atoms with Gasteiger partial charge >= 0.3 is 0 Å². The van der Waals surface area contributed by atoms with Crippen molar-refractivity contribution in [3.8, 4) is 0 Å². The lowest BCUT2D eigenvalue weighted by molar-refractivity contribution is -0.130. The van der Waals surface area contributed by atoms with Gasteiger partial charge in [-0.05, 0) is 19.9 Å². The van der Waals surface area contributed by atoms with Gasteiger partial charge in [-0.2, -0.15) is 0 Å². The van der Waals surface area contributed by atoms with E-state index in [0.29, 0.717) is 17.3 Å². The number of aryl methyl sites for hydroxylation is 1. The molecular formula is C17H21N5OS. The molecule has 3 rings (SSSR count). The molecule has 1 aromatic carbocycles. The summed E-state index contributed by atoms with van der Waals surface area (Å²) in [4.78, 5) is 18.5. The largest absolute Gasteiger partial charge is 0.343 e. The van der Waals surface area contributed by atoms with Gasteiger partial charge in [0.25, 0.3) is 0 Å². The van der Waals surface area contributed by atoms with E-state index in [-0.39, 0.29) is 5.91 Å². The lowest BCUT2D eigenvalue weighted by atomic mass is 10.2. The Hall–Kier alpha value is -2.15. The Balaban J connectivity index is 1.76. The molecule has 0 atom stereocenters. The maximum Gasteiger partial charge on any atom is 0.223 e. The maximum atomic E-state index is 12.0. The summed E-state index contributed by atoms with van der Waals surface area (Å²) in [6.07, 6.45) is 0.489. The van der Waals surface area contributed by atoms with Crippen molar-refractivity contribution in [1.29, 1.82) is 0 Å². The van der Waals surface area contributed by atoms with E-state index >= 15 is 0 Å². The van der Waals surface area contributed by atoms with Gasteiger partial charge in [0.2, 0.25) is 11.1 Å². The van der Waals surface area contributed by atoms with E-state index in [9.17, 15) is 4.79 Å². The van der Waals surface area contributed by atoms with Crippen LogP contribution in [0.2, 0.25) is 0 Å². The van der Waals surface area contributed by atoms with Gasteiger partial charge in [-0.3, -0.25) is 4.79 Å². The fourth-order valence-corrected chi connectivity index (χ4v) is 3.53. The second-order valence-electron chi connectivity index (χ2n) is 5.51. The van der Waals surface area contributed by atoms with Crippen molar-refractivity contribution in [3.05, 3.63) is 24.3 Å². The molecule has 7 heteroatoms. The number of para-hydroxylation sites is 1. The molecular weight excluding hydrogens is 322 g/mol. The van der Waals surface area contributed by atoms with Gasteiger partial charge in [-0.1, -0.05) is 30.0 Å². The predicted molar refractivity (Wildman–Crippen MR) is 97.1 cm³/mol. The number of carbonyl (C=O) groups excluding carboxylic acids is 1. The molecule has 0 aliphatic carbocycles. The monoisotopic (exact) mass is 343 g/mol. The summed E-state index contributed by atoms with van der Waals surface area (Å²) in [5.74, 6) is 0.832. The molecule has 0 unspecified atom stereocenters. The first kappa shape index (κ1) is 16.7. The summed E-state index contributed by atoms with van der Waals surface area (Å²) in [7, 11) is 1.98. The first-order valence-electron chi connectivity index (χ1n) is 8.14. The Labute approximate surface area is 145 Å². The lowest BCUT2D eigenvalue weighted by Crippen LogP contribution is -2.30. The Morgan fingerprint density at radius 2 is 1.96 bits per heavy atom. The van der Waals surface area contributed by atoms with E-state index < -0.39 is 0 Å². The summed E-state index contributed by atoms with van der Waals surface area (Å²) < 4.78 is 2.03. The molecule has 2 heterocycles. The van der Waals surface area contributed by atoms with Crippen molar-refractivity contribution in [3.63, 3.8) is 0 Å². The number of aromatic nitrogens is 4. The first-order chi connectivity index (χ1) is 11.7. The molecule has 0 bridgehead atoms. The van der Waals surface area contributed by atoms with Crippen LogP contribution in [0.25, 0.3) is 22.1 Å². The average Bonchev–Trinajstić information content (AvgIpc) is 2.89. The summed E-state index contributed by atoms with van der Waals surface area (Å²) in [6, 6.07) is 8.08. The Kier molecular flexibility index (Phi) is 4.99. The predicted octanol–water partition coefficient (Wildman–Crippen LogP) is 2.87. The Bertz CT molecular complexity index is 872. The van der Waals surface area contributed by atoms with Crippen LogP contribution in [0.15, 0.2) is 29.4 Å². The summed E-state index contributed by atoms with van der Waals surface area (Å²) >= 11 is 1.48. The topological polar surface area (TPSA) is 63.9 Å². The molecule has 0 aliphatic rings. The number of carbonyl (C=O) groups is 1. The average molecular weight is 343 g/mol. The highest BCUT2D eigenvalue weighted by atomic mass is 32.2.